The highest BCUT2D eigenvalue weighted by Gasteiger charge is 2.29. The van der Waals surface area contributed by atoms with Crippen molar-refractivity contribution in [3.63, 3.8) is 0 Å². The first kappa shape index (κ1) is 25.9. The lowest BCUT2D eigenvalue weighted by Crippen LogP contribution is -2.32. The second-order valence-electron chi connectivity index (χ2n) is 9.24. The molecule has 194 valence electrons. The second kappa shape index (κ2) is 11.0. The molecule has 5 rings (SSSR count). The van der Waals surface area contributed by atoms with E-state index in [2.05, 4.69) is 11.4 Å². The Morgan fingerprint density at radius 3 is 2.42 bits per heavy atom. The molecule has 4 aromatic carbocycles. The van der Waals surface area contributed by atoms with Crippen LogP contribution in [0.15, 0.2) is 102 Å². The fourth-order valence-electron chi connectivity index (χ4n) is 4.78. The van der Waals surface area contributed by atoms with E-state index in [0.717, 1.165) is 30.4 Å². The molecule has 0 saturated carbocycles. The topological polar surface area (TPSA) is 66.5 Å². The summed E-state index contributed by atoms with van der Waals surface area (Å²) in [6.45, 7) is 0.000413. The van der Waals surface area contributed by atoms with Gasteiger partial charge in [-0.15, -0.1) is 0 Å². The fourth-order valence-corrected chi connectivity index (χ4v) is 6.73. The molecule has 1 N–H and O–H groups in total. The summed E-state index contributed by atoms with van der Waals surface area (Å²) in [7, 11) is -4.23. The van der Waals surface area contributed by atoms with Crippen molar-refractivity contribution in [1.29, 1.82) is 0 Å². The van der Waals surface area contributed by atoms with Crippen molar-refractivity contribution < 1.29 is 17.6 Å². The Hall–Kier alpha value is -3.68. The molecule has 0 heterocycles. The van der Waals surface area contributed by atoms with Gasteiger partial charge in [-0.3, -0.25) is 9.10 Å². The van der Waals surface area contributed by atoms with Gasteiger partial charge < -0.3 is 5.32 Å². The monoisotopic (exact) mass is 548 g/mol. The van der Waals surface area contributed by atoms with Crippen LogP contribution in [0.2, 0.25) is 5.02 Å². The van der Waals surface area contributed by atoms with Crippen molar-refractivity contribution in [2.45, 2.75) is 36.7 Å². The lowest BCUT2D eigenvalue weighted by atomic mass is 9.87. The zero-order valence-electron chi connectivity index (χ0n) is 20.5. The lowest BCUT2D eigenvalue weighted by molar-refractivity contribution is 0.0932. The number of hydrogen-bond donors (Lipinski definition) is 1. The number of benzene rings is 4. The highest BCUT2D eigenvalue weighted by molar-refractivity contribution is 7.93. The second-order valence-corrected chi connectivity index (χ2v) is 11.5. The summed E-state index contributed by atoms with van der Waals surface area (Å²) in [4.78, 5) is 13.1. The lowest BCUT2D eigenvalue weighted by Gasteiger charge is -2.27. The van der Waals surface area contributed by atoms with Gasteiger partial charge in [-0.05, 0) is 78.4 Å². The number of nitrogens with one attached hydrogen (secondary N) is 1. The Balaban J connectivity index is 1.48. The van der Waals surface area contributed by atoms with Gasteiger partial charge in [0, 0.05) is 5.56 Å². The number of carbonyl (C=O) groups excluding carboxylic acids is 1. The van der Waals surface area contributed by atoms with E-state index in [1.165, 1.54) is 52.3 Å². The van der Waals surface area contributed by atoms with E-state index in [9.17, 15) is 17.6 Å². The van der Waals surface area contributed by atoms with Crippen LogP contribution in [0.25, 0.3) is 0 Å². The Kier molecular flexibility index (Phi) is 7.49. The van der Waals surface area contributed by atoms with Crippen LogP contribution >= 0.6 is 11.6 Å². The van der Waals surface area contributed by atoms with Crippen LogP contribution in [0.4, 0.5) is 10.1 Å². The van der Waals surface area contributed by atoms with Crippen LogP contribution in [0.1, 0.15) is 45.9 Å². The van der Waals surface area contributed by atoms with Crippen LogP contribution in [-0.4, -0.2) is 14.3 Å². The molecule has 0 fully saturated rings. The Morgan fingerprint density at radius 2 is 1.66 bits per heavy atom. The largest absolute Gasteiger partial charge is 0.345 e. The van der Waals surface area contributed by atoms with Crippen molar-refractivity contribution in [1.82, 2.24) is 5.32 Å². The Labute approximate surface area is 226 Å². The van der Waals surface area contributed by atoms with E-state index < -0.39 is 15.8 Å². The predicted octanol–water partition coefficient (Wildman–Crippen LogP) is 6.68. The van der Waals surface area contributed by atoms with Gasteiger partial charge in [0.15, 0.2) is 0 Å². The van der Waals surface area contributed by atoms with Crippen LogP contribution in [0.3, 0.4) is 0 Å². The van der Waals surface area contributed by atoms with Gasteiger partial charge in [-0.25, -0.2) is 12.8 Å². The van der Waals surface area contributed by atoms with Gasteiger partial charge in [0.25, 0.3) is 15.9 Å². The van der Waals surface area contributed by atoms with Gasteiger partial charge in [-0.1, -0.05) is 66.2 Å². The minimum absolute atomic E-state index is 0.000413. The van der Waals surface area contributed by atoms with Gasteiger partial charge in [0.05, 0.1) is 23.3 Å². The van der Waals surface area contributed by atoms with Gasteiger partial charge in [0.2, 0.25) is 0 Å². The van der Waals surface area contributed by atoms with E-state index in [1.807, 2.05) is 36.4 Å². The molecule has 5 nitrogen and oxygen atoms in total. The number of amides is 1. The number of halogens is 2. The molecule has 38 heavy (non-hydrogen) atoms. The standard InChI is InChI=1S/C30H26ClFN2O3S/c31-27-18-13-23(30(35)33-28-12-6-10-22-9-4-5-11-26(22)28)19-29(27)38(36,37)34(20-21-7-2-1-3-8-21)25-16-14-24(32)15-17-25/h1-5,7-9,11,13-19,28H,6,10,12,20H2,(H,33,35)/t28-/m1/s1. The third kappa shape index (κ3) is 5.44. The summed E-state index contributed by atoms with van der Waals surface area (Å²) < 4.78 is 42.8. The third-order valence-corrected chi connectivity index (χ3v) is 8.98. The molecule has 1 amide bonds. The normalized spacial score (nSPS) is 14.9. The minimum atomic E-state index is -4.23. The number of aryl methyl sites for hydroxylation is 1. The molecule has 0 unspecified atom stereocenters. The number of hydrogen-bond acceptors (Lipinski definition) is 3. The molecule has 1 aliphatic carbocycles. The van der Waals surface area contributed by atoms with Gasteiger partial charge in [0.1, 0.15) is 10.7 Å². The first-order valence-corrected chi connectivity index (χ1v) is 14.2. The number of carbonyl (C=O) groups is 1. The fraction of sp³-hybridized carbons (Fsp3) is 0.167. The Morgan fingerprint density at radius 1 is 0.947 bits per heavy atom. The number of sulfonamides is 1. The molecule has 0 bridgehead atoms. The number of nitrogens with zero attached hydrogens (tertiary/aromatic N) is 1. The molecule has 0 aromatic heterocycles. The molecular weight excluding hydrogens is 523 g/mol. The summed E-state index contributed by atoms with van der Waals surface area (Å²) in [6.07, 6.45) is 2.72. The average Bonchev–Trinajstić information content (AvgIpc) is 2.93. The molecule has 8 heteroatoms. The predicted molar refractivity (Wildman–Crippen MR) is 147 cm³/mol. The van der Waals surface area contributed by atoms with Crippen molar-refractivity contribution in [2.75, 3.05) is 4.31 Å². The summed E-state index contributed by atoms with van der Waals surface area (Å²) in [5, 5.41) is 3.05. The highest BCUT2D eigenvalue weighted by Crippen LogP contribution is 2.32. The minimum Gasteiger partial charge on any atom is -0.345 e. The molecule has 4 aromatic rings. The van der Waals surface area contributed by atoms with E-state index in [0.29, 0.717) is 0 Å². The third-order valence-electron chi connectivity index (χ3n) is 6.72. The van der Waals surface area contributed by atoms with Crippen molar-refractivity contribution >= 4 is 33.2 Å². The molecular formula is C30H26ClFN2O3S. The van der Waals surface area contributed by atoms with Crippen LogP contribution in [0.5, 0.6) is 0 Å². The number of fused-ring (bicyclic) bond motifs is 1. The maximum atomic E-state index is 14.0. The van der Waals surface area contributed by atoms with Crippen LogP contribution < -0.4 is 9.62 Å². The molecule has 0 aliphatic heterocycles. The van der Waals surface area contributed by atoms with Crippen molar-refractivity contribution in [2.24, 2.45) is 0 Å². The molecule has 0 radical (unpaired) electrons. The van der Waals surface area contributed by atoms with Crippen molar-refractivity contribution in [3.05, 3.63) is 130 Å². The smallest absolute Gasteiger partial charge is 0.266 e. The SMILES string of the molecule is O=C(N[C@@H]1CCCc2ccccc21)c1ccc(Cl)c(S(=O)(=O)N(Cc2ccccc2)c2ccc(F)cc2)c1. The molecule has 1 aliphatic rings. The van der Waals surface area contributed by atoms with Gasteiger partial charge in [-0.2, -0.15) is 0 Å². The van der Waals surface area contributed by atoms with Crippen LogP contribution in [0, 0.1) is 5.82 Å². The van der Waals surface area contributed by atoms with Gasteiger partial charge >= 0.3 is 0 Å². The number of rotatable bonds is 7. The maximum absolute atomic E-state index is 14.0. The summed E-state index contributed by atoms with van der Waals surface area (Å²) >= 11 is 6.41. The first-order chi connectivity index (χ1) is 18.3. The zero-order chi connectivity index (χ0) is 26.7. The molecule has 0 spiro atoms. The molecule has 1 atom stereocenters. The quantitative estimate of drug-likeness (QED) is 0.280. The zero-order valence-corrected chi connectivity index (χ0v) is 22.1. The molecule has 0 saturated heterocycles. The average molecular weight is 549 g/mol. The first-order valence-electron chi connectivity index (χ1n) is 12.3. The maximum Gasteiger partial charge on any atom is 0.266 e. The van der Waals surface area contributed by atoms with Crippen molar-refractivity contribution in [3.8, 4) is 0 Å². The summed E-state index contributed by atoms with van der Waals surface area (Å²) in [5.41, 5.74) is 3.50. The van der Waals surface area contributed by atoms with Crippen LogP contribution in [-0.2, 0) is 23.0 Å². The van der Waals surface area contributed by atoms with E-state index >= 15 is 0 Å². The summed E-state index contributed by atoms with van der Waals surface area (Å²) in [5.74, 6) is -0.858. The summed E-state index contributed by atoms with van der Waals surface area (Å²) in [6, 6.07) is 26.4. The highest BCUT2D eigenvalue weighted by atomic mass is 35.5. The number of anilines is 1. The Bertz CT molecular complexity index is 1560. The van der Waals surface area contributed by atoms with E-state index in [1.54, 1.807) is 12.1 Å². The van der Waals surface area contributed by atoms with E-state index in [-0.39, 0.29) is 39.7 Å². The van der Waals surface area contributed by atoms with E-state index in [4.69, 9.17) is 11.6 Å².